The lowest BCUT2D eigenvalue weighted by Gasteiger charge is -2.40. The average Bonchev–Trinajstić information content (AvgIpc) is 3.13. The number of amides is 2. The summed E-state index contributed by atoms with van der Waals surface area (Å²) < 4.78 is 28.4. The lowest BCUT2D eigenvalue weighted by atomic mass is 9.77. The maximum Gasteiger partial charge on any atom is 0.268 e. The summed E-state index contributed by atoms with van der Waals surface area (Å²) in [7, 11) is 0. The number of aromatic nitrogens is 1. The number of hydrogen-bond donors (Lipinski definition) is 2. The van der Waals surface area contributed by atoms with Crippen molar-refractivity contribution >= 4 is 29.1 Å². The van der Waals surface area contributed by atoms with Crippen molar-refractivity contribution in [1.82, 2.24) is 10.3 Å². The van der Waals surface area contributed by atoms with Gasteiger partial charge in [-0.1, -0.05) is 42.5 Å². The number of rotatable bonds is 6. The van der Waals surface area contributed by atoms with Crippen LogP contribution in [0.3, 0.4) is 0 Å². The van der Waals surface area contributed by atoms with E-state index >= 15 is 0 Å². The molecule has 198 valence electrons. The minimum atomic E-state index is -2.69. The number of aliphatic hydroxyl groups is 1. The summed E-state index contributed by atoms with van der Waals surface area (Å²) in [5.74, 6) is -2.63. The number of benzene rings is 2. The lowest BCUT2D eigenvalue weighted by Crippen LogP contribution is -2.52. The third-order valence-corrected chi connectivity index (χ3v) is 8.27. The van der Waals surface area contributed by atoms with Crippen molar-refractivity contribution in [2.45, 2.75) is 43.2 Å². The number of hydrogen-bond acceptors (Lipinski definition) is 4. The van der Waals surface area contributed by atoms with Gasteiger partial charge in [-0.05, 0) is 49.4 Å². The van der Waals surface area contributed by atoms with Gasteiger partial charge in [0.15, 0.2) is 5.60 Å². The van der Waals surface area contributed by atoms with Crippen molar-refractivity contribution in [2.75, 3.05) is 11.4 Å². The minimum absolute atomic E-state index is 0.0125. The van der Waals surface area contributed by atoms with Gasteiger partial charge in [-0.25, -0.2) is 8.78 Å². The second-order valence-corrected chi connectivity index (χ2v) is 10.6. The van der Waals surface area contributed by atoms with Gasteiger partial charge in [0.25, 0.3) is 11.8 Å². The molecule has 1 aliphatic heterocycles. The zero-order chi connectivity index (χ0) is 27.0. The van der Waals surface area contributed by atoms with Crippen molar-refractivity contribution in [2.24, 2.45) is 11.8 Å². The maximum absolute atomic E-state index is 14.2. The Morgan fingerprint density at radius 3 is 2.53 bits per heavy atom. The second-order valence-electron chi connectivity index (χ2n) is 10.0. The Balaban J connectivity index is 1.39. The Kier molecular flexibility index (Phi) is 7.20. The van der Waals surface area contributed by atoms with E-state index in [-0.39, 0.29) is 24.9 Å². The van der Waals surface area contributed by atoms with E-state index < -0.39 is 47.1 Å². The van der Waals surface area contributed by atoms with Gasteiger partial charge in [-0.15, -0.1) is 11.6 Å². The van der Waals surface area contributed by atoms with E-state index in [1.54, 1.807) is 48.5 Å². The monoisotopic (exact) mass is 539 g/mol. The third kappa shape index (κ3) is 4.56. The van der Waals surface area contributed by atoms with Gasteiger partial charge in [-0.3, -0.25) is 14.6 Å². The molecule has 1 aromatic heterocycles. The van der Waals surface area contributed by atoms with Gasteiger partial charge < -0.3 is 15.3 Å². The number of aryl methyl sites for hydroxylation is 1. The predicted octanol–water partition coefficient (Wildman–Crippen LogP) is 4.67. The molecule has 1 fully saturated rings. The first-order valence-electron chi connectivity index (χ1n) is 12.5. The van der Waals surface area contributed by atoms with Crippen LogP contribution in [-0.4, -0.2) is 46.3 Å². The number of fused-ring (bicyclic) bond motifs is 1. The fourth-order valence-corrected chi connectivity index (χ4v) is 6.12. The Bertz CT molecular complexity index is 1340. The number of carbonyl (C=O) groups excluding carboxylic acids is 2. The molecule has 2 N–H and O–H groups in total. The van der Waals surface area contributed by atoms with Crippen LogP contribution < -0.4 is 10.2 Å². The molecule has 0 spiro atoms. The maximum atomic E-state index is 14.2. The first-order chi connectivity index (χ1) is 18.2. The highest BCUT2D eigenvalue weighted by Crippen LogP contribution is 2.47. The molecule has 0 unspecified atom stereocenters. The van der Waals surface area contributed by atoms with Crippen molar-refractivity contribution in [3.05, 3.63) is 95.3 Å². The highest BCUT2D eigenvalue weighted by molar-refractivity contribution is 6.21. The normalized spacial score (nSPS) is 26.9. The molecular formula is C29H28ClF2N3O3. The van der Waals surface area contributed by atoms with E-state index in [1.165, 1.54) is 17.3 Å². The Labute approximate surface area is 224 Å². The van der Waals surface area contributed by atoms with Gasteiger partial charge in [-0.2, -0.15) is 0 Å². The largest absolute Gasteiger partial charge is 0.372 e. The molecule has 1 aliphatic carbocycles. The molecule has 3 aromatic rings. The summed E-state index contributed by atoms with van der Waals surface area (Å²) in [5.41, 5.74) is 0.623. The highest BCUT2D eigenvalue weighted by Gasteiger charge is 2.53. The van der Waals surface area contributed by atoms with Crippen LogP contribution in [0.1, 0.15) is 39.9 Å². The molecule has 5 rings (SSSR count). The molecule has 1 saturated carbocycles. The molecular weight excluding hydrogens is 512 g/mol. The molecule has 6 nitrogen and oxygen atoms in total. The minimum Gasteiger partial charge on any atom is -0.372 e. The van der Waals surface area contributed by atoms with E-state index in [0.717, 1.165) is 5.56 Å². The number of carbonyl (C=O) groups is 2. The predicted molar refractivity (Wildman–Crippen MR) is 140 cm³/mol. The molecule has 0 bridgehead atoms. The molecule has 2 aliphatic rings. The standard InChI is InChI=1S/C29H28ClF2N3O3/c1-17-7-2-3-9-21(17)29(38)22-10-4-5-11-25(22)35(28(29)37)16-19-13-20(26(31)32)24(14-23(19)30)34-27(36)18-8-6-12-33-15-18/h2-12,15,19-20,23-24,26,38H,13-14,16H2,1H3,(H,34,36)/t19-,20-,23-,24-,29-/m1/s1. The van der Waals surface area contributed by atoms with Gasteiger partial charge in [0.2, 0.25) is 6.43 Å². The van der Waals surface area contributed by atoms with Gasteiger partial charge >= 0.3 is 0 Å². The summed E-state index contributed by atoms with van der Waals surface area (Å²) in [6.45, 7) is 1.90. The summed E-state index contributed by atoms with van der Waals surface area (Å²) >= 11 is 6.73. The molecule has 2 aromatic carbocycles. The Hall–Kier alpha value is -3.36. The third-order valence-electron chi connectivity index (χ3n) is 7.74. The van der Waals surface area contributed by atoms with Crippen LogP contribution in [0.5, 0.6) is 0 Å². The van der Waals surface area contributed by atoms with Crippen molar-refractivity contribution in [3.8, 4) is 0 Å². The average molecular weight is 540 g/mol. The van der Waals surface area contributed by atoms with Crippen molar-refractivity contribution < 1.29 is 23.5 Å². The van der Waals surface area contributed by atoms with Crippen LogP contribution in [0, 0.1) is 18.8 Å². The van der Waals surface area contributed by atoms with Crippen LogP contribution >= 0.6 is 11.6 Å². The van der Waals surface area contributed by atoms with E-state index in [2.05, 4.69) is 10.3 Å². The zero-order valence-electron chi connectivity index (χ0n) is 20.7. The second kappa shape index (κ2) is 10.4. The SMILES string of the molecule is Cc1ccccc1[C@]1(O)C(=O)N(C[C@H]2C[C@@H](C(F)F)[C@H](NC(=O)c3cccnc3)C[C@H]2Cl)c2ccccc21. The fourth-order valence-electron chi connectivity index (χ4n) is 5.74. The molecule has 0 saturated heterocycles. The first kappa shape index (κ1) is 26.3. The first-order valence-corrected chi connectivity index (χ1v) is 13.0. The molecule has 2 amide bonds. The summed E-state index contributed by atoms with van der Waals surface area (Å²) in [5, 5.41) is 14.0. The highest BCUT2D eigenvalue weighted by atomic mass is 35.5. The van der Waals surface area contributed by atoms with Gasteiger partial charge in [0, 0.05) is 47.4 Å². The van der Waals surface area contributed by atoms with E-state index in [0.29, 0.717) is 16.8 Å². The van der Waals surface area contributed by atoms with Gasteiger partial charge in [0.05, 0.1) is 11.3 Å². The number of para-hydroxylation sites is 1. The smallest absolute Gasteiger partial charge is 0.268 e. The number of anilines is 1. The van der Waals surface area contributed by atoms with Crippen molar-refractivity contribution in [3.63, 3.8) is 0 Å². The van der Waals surface area contributed by atoms with Crippen LogP contribution in [0.25, 0.3) is 0 Å². The number of halogens is 3. The number of alkyl halides is 3. The van der Waals surface area contributed by atoms with E-state index in [4.69, 9.17) is 11.6 Å². The Morgan fingerprint density at radius 1 is 1.13 bits per heavy atom. The summed E-state index contributed by atoms with van der Waals surface area (Å²) in [6.07, 6.45) is 0.350. The molecule has 2 heterocycles. The zero-order valence-corrected chi connectivity index (χ0v) is 21.5. The molecule has 0 radical (unpaired) electrons. The van der Waals surface area contributed by atoms with Crippen molar-refractivity contribution in [1.29, 1.82) is 0 Å². The van der Waals surface area contributed by atoms with Crippen LogP contribution in [0.15, 0.2) is 73.1 Å². The van der Waals surface area contributed by atoms with Crippen LogP contribution in [0.4, 0.5) is 14.5 Å². The summed E-state index contributed by atoms with van der Waals surface area (Å²) in [4.78, 5) is 31.8. The van der Waals surface area contributed by atoms with Gasteiger partial charge in [0.1, 0.15) is 0 Å². The fraction of sp³-hybridized carbons (Fsp3) is 0.345. The number of nitrogens with zero attached hydrogens (tertiary/aromatic N) is 2. The van der Waals surface area contributed by atoms with Crippen LogP contribution in [0.2, 0.25) is 0 Å². The number of nitrogens with one attached hydrogen (secondary N) is 1. The van der Waals surface area contributed by atoms with E-state index in [9.17, 15) is 23.5 Å². The van der Waals surface area contributed by atoms with E-state index in [1.807, 2.05) is 19.1 Å². The van der Waals surface area contributed by atoms with Crippen LogP contribution in [-0.2, 0) is 10.4 Å². The number of pyridine rings is 1. The lowest BCUT2D eigenvalue weighted by molar-refractivity contribution is -0.132. The quantitative estimate of drug-likeness (QED) is 0.446. The molecule has 9 heteroatoms. The molecule has 5 atom stereocenters. The molecule has 38 heavy (non-hydrogen) atoms. The summed E-state index contributed by atoms with van der Waals surface area (Å²) in [6, 6.07) is 16.5. The Morgan fingerprint density at radius 2 is 1.84 bits per heavy atom. The topological polar surface area (TPSA) is 82.5 Å².